The number of rotatable bonds is 6. The topological polar surface area (TPSA) is 88.5 Å². The molecule has 1 heterocycles. The molecule has 1 atom stereocenters. The molecule has 4 N–H and O–H groups in total. The molecule has 1 aromatic heterocycles. The molecule has 0 aliphatic carbocycles. The van der Waals surface area contributed by atoms with E-state index in [9.17, 15) is 4.79 Å². The molecule has 1 amide bonds. The third-order valence-corrected chi connectivity index (χ3v) is 3.61. The number of hydrazine groups is 1. The average molecular weight is 258 g/mol. The summed E-state index contributed by atoms with van der Waals surface area (Å²) >= 11 is 1.68. The lowest BCUT2D eigenvalue weighted by molar-refractivity contribution is 0.0923. The number of carbonyl (C=O) groups is 1. The molecule has 0 bridgehead atoms. The Kier molecular flexibility index (Phi) is 5.54. The largest absolute Gasteiger partial charge is 0.455 e. The number of aliphatic hydroxyl groups excluding tert-OH is 1. The number of hydrogen-bond acceptors (Lipinski definition) is 5. The van der Waals surface area contributed by atoms with E-state index < -0.39 is 5.91 Å². The second-order valence-corrected chi connectivity index (χ2v) is 5.26. The first-order valence-corrected chi connectivity index (χ1v) is 6.46. The van der Waals surface area contributed by atoms with Crippen LogP contribution in [0.25, 0.3) is 0 Å². The summed E-state index contributed by atoms with van der Waals surface area (Å²) in [6.45, 7) is 4.04. The molecule has 5 nitrogen and oxygen atoms in total. The number of hydrogen-bond donors (Lipinski definition) is 3. The van der Waals surface area contributed by atoms with Gasteiger partial charge in [-0.1, -0.05) is 6.92 Å². The van der Waals surface area contributed by atoms with Gasteiger partial charge in [-0.25, -0.2) is 5.84 Å². The second-order valence-electron chi connectivity index (χ2n) is 3.83. The third-order valence-electron chi connectivity index (χ3n) is 2.35. The zero-order chi connectivity index (χ0) is 12.8. The molecule has 0 aliphatic heterocycles. The zero-order valence-electron chi connectivity index (χ0n) is 10.0. The van der Waals surface area contributed by atoms with Crippen LogP contribution in [0.3, 0.4) is 0 Å². The van der Waals surface area contributed by atoms with Crippen LogP contribution in [0.1, 0.15) is 35.2 Å². The smallest absolute Gasteiger partial charge is 0.301 e. The summed E-state index contributed by atoms with van der Waals surface area (Å²) in [4.78, 5) is 11.3. The van der Waals surface area contributed by atoms with Gasteiger partial charge in [0.15, 0.2) is 5.76 Å². The second kappa shape index (κ2) is 6.68. The van der Waals surface area contributed by atoms with Gasteiger partial charge in [0.2, 0.25) is 0 Å². The van der Waals surface area contributed by atoms with Crippen molar-refractivity contribution in [2.45, 2.75) is 31.3 Å². The van der Waals surface area contributed by atoms with Crippen molar-refractivity contribution >= 4 is 17.7 Å². The van der Waals surface area contributed by atoms with E-state index in [4.69, 9.17) is 15.4 Å². The summed E-state index contributed by atoms with van der Waals surface area (Å²) in [7, 11) is 0. The van der Waals surface area contributed by atoms with Gasteiger partial charge in [0.05, 0.1) is 5.75 Å². The lowest BCUT2D eigenvalue weighted by atomic mass is 10.2. The number of nitrogens with two attached hydrogens (primary N) is 1. The number of amides is 1. The van der Waals surface area contributed by atoms with E-state index in [-0.39, 0.29) is 12.4 Å². The van der Waals surface area contributed by atoms with Gasteiger partial charge in [-0.15, -0.1) is 0 Å². The maximum absolute atomic E-state index is 11.3. The SMILES string of the molecule is Cc1cc(CSC(C)CCO)oc1C(=O)NN. The van der Waals surface area contributed by atoms with Crippen LogP contribution in [-0.4, -0.2) is 22.9 Å². The first-order chi connectivity index (χ1) is 8.08. The van der Waals surface area contributed by atoms with E-state index >= 15 is 0 Å². The number of nitrogens with one attached hydrogen (secondary N) is 1. The molecule has 0 aliphatic rings. The monoisotopic (exact) mass is 258 g/mol. The molecule has 0 saturated heterocycles. The normalized spacial score (nSPS) is 12.5. The van der Waals surface area contributed by atoms with Crippen molar-refractivity contribution in [3.05, 3.63) is 23.2 Å². The van der Waals surface area contributed by atoms with E-state index in [2.05, 4.69) is 0 Å². The fourth-order valence-electron chi connectivity index (χ4n) is 1.40. The summed E-state index contributed by atoms with van der Waals surface area (Å²) in [6, 6.07) is 1.84. The van der Waals surface area contributed by atoms with Gasteiger partial charge in [-0.2, -0.15) is 11.8 Å². The maximum atomic E-state index is 11.3. The van der Waals surface area contributed by atoms with Crippen LogP contribution >= 0.6 is 11.8 Å². The van der Waals surface area contributed by atoms with Crippen molar-refractivity contribution in [1.82, 2.24) is 5.43 Å². The van der Waals surface area contributed by atoms with Crippen molar-refractivity contribution in [3.8, 4) is 0 Å². The first kappa shape index (κ1) is 14.1. The van der Waals surface area contributed by atoms with E-state index in [0.29, 0.717) is 11.0 Å². The van der Waals surface area contributed by atoms with Crippen molar-refractivity contribution in [2.24, 2.45) is 5.84 Å². The van der Waals surface area contributed by atoms with Gasteiger partial charge in [-0.05, 0) is 19.4 Å². The van der Waals surface area contributed by atoms with Crippen LogP contribution in [-0.2, 0) is 5.75 Å². The van der Waals surface area contributed by atoms with E-state index in [0.717, 1.165) is 17.7 Å². The Morgan fingerprint density at radius 1 is 1.71 bits per heavy atom. The fourth-order valence-corrected chi connectivity index (χ4v) is 2.26. The van der Waals surface area contributed by atoms with Crippen LogP contribution in [0, 0.1) is 6.92 Å². The van der Waals surface area contributed by atoms with Gasteiger partial charge in [0.25, 0.3) is 0 Å². The minimum Gasteiger partial charge on any atom is -0.455 e. The predicted molar refractivity (Wildman–Crippen MR) is 67.6 cm³/mol. The molecule has 0 spiro atoms. The Hall–Kier alpha value is -0.980. The van der Waals surface area contributed by atoms with E-state index in [1.54, 1.807) is 18.7 Å². The standard InChI is InChI=1S/C11H18N2O3S/c1-7-5-9(6-17-8(2)3-4-14)16-10(7)11(15)13-12/h5,8,14H,3-4,6,12H2,1-2H3,(H,13,15). The van der Waals surface area contributed by atoms with Gasteiger partial charge in [0.1, 0.15) is 5.76 Å². The summed E-state index contributed by atoms with van der Waals surface area (Å²) in [6.07, 6.45) is 0.750. The summed E-state index contributed by atoms with van der Waals surface area (Å²) < 4.78 is 5.42. The fraction of sp³-hybridized carbons (Fsp3) is 0.545. The number of carbonyl (C=O) groups excluding carboxylic acids is 1. The number of aliphatic hydroxyl groups is 1. The lowest BCUT2D eigenvalue weighted by Crippen LogP contribution is -2.30. The van der Waals surface area contributed by atoms with Gasteiger partial charge >= 0.3 is 5.91 Å². The van der Waals surface area contributed by atoms with Crippen molar-refractivity contribution < 1.29 is 14.3 Å². The number of furan rings is 1. The molecule has 6 heteroatoms. The highest BCUT2D eigenvalue weighted by Gasteiger charge is 2.15. The summed E-state index contributed by atoms with van der Waals surface area (Å²) in [5, 5.41) is 9.14. The Balaban J connectivity index is 2.58. The number of aryl methyl sites for hydroxylation is 1. The van der Waals surface area contributed by atoms with Crippen LogP contribution in [0.4, 0.5) is 0 Å². The lowest BCUT2D eigenvalue weighted by Gasteiger charge is -2.07. The molecule has 0 saturated carbocycles. The molecule has 1 rings (SSSR count). The number of thioether (sulfide) groups is 1. The Morgan fingerprint density at radius 2 is 2.41 bits per heavy atom. The highest BCUT2D eigenvalue weighted by Crippen LogP contribution is 2.23. The molecule has 0 aromatic carbocycles. The highest BCUT2D eigenvalue weighted by molar-refractivity contribution is 7.99. The molecule has 96 valence electrons. The Labute approximate surface area is 105 Å². The van der Waals surface area contributed by atoms with Crippen LogP contribution < -0.4 is 11.3 Å². The zero-order valence-corrected chi connectivity index (χ0v) is 10.8. The minimum absolute atomic E-state index is 0.187. The molecule has 1 unspecified atom stereocenters. The van der Waals surface area contributed by atoms with E-state index in [1.165, 1.54) is 0 Å². The van der Waals surface area contributed by atoms with Crippen molar-refractivity contribution in [1.29, 1.82) is 0 Å². The minimum atomic E-state index is -0.415. The molecule has 0 fully saturated rings. The molecule has 0 radical (unpaired) electrons. The van der Waals surface area contributed by atoms with Gasteiger partial charge in [-0.3, -0.25) is 10.2 Å². The van der Waals surface area contributed by atoms with E-state index in [1.807, 2.05) is 18.4 Å². The van der Waals surface area contributed by atoms with Crippen molar-refractivity contribution in [2.75, 3.05) is 6.61 Å². The quantitative estimate of drug-likeness (QED) is 0.405. The summed E-state index contributed by atoms with van der Waals surface area (Å²) in [5.74, 6) is 6.33. The van der Waals surface area contributed by atoms with Crippen LogP contribution in [0.5, 0.6) is 0 Å². The molecule has 1 aromatic rings. The molecular formula is C11H18N2O3S. The first-order valence-electron chi connectivity index (χ1n) is 5.41. The van der Waals surface area contributed by atoms with Crippen molar-refractivity contribution in [3.63, 3.8) is 0 Å². The Morgan fingerprint density at radius 3 is 3.00 bits per heavy atom. The van der Waals surface area contributed by atoms with Crippen LogP contribution in [0.15, 0.2) is 10.5 Å². The predicted octanol–water partition coefficient (Wildman–Crippen LogP) is 1.20. The van der Waals surface area contributed by atoms with Crippen LogP contribution in [0.2, 0.25) is 0 Å². The molecular weight excluding hydrogens is 240 g/mol. The number of nitrogen functional groups attached to an aromatic ring is 1. The van der Waals surface area contributed by atoms with Gasteiger partial charge < -0.3 is 9.52 Å². The summed E-state index contributed by atoms with van der Waals surface area (Å²) in [5.41, 5.74) is 2.82. The highest BCUT2D eigenvalue weighted by atomic mass is 32.2. The Bertz CT molecular complexity index is 379. The molecule has 17 heavy (non-hydrogen) atoms. The third kappa shape index (κ3) is 4.07. The average Bonchev–Trinajstić information content (AvgIpc) is 2.67. The maximum Gasteiger partial charge on any atom is 0.301 e. The van der Waals surface area contributed by atoms with Gasteiger partial charge in [0, 0.05) is 17.4 Å².